The molecule has 4 heteroatoms. The van der Waals surface area contributed by atoms with Crippen LogP contribution in [0.25, 0.3) is 66.3 Å². The fourth-order valence-electron chi connectivity index (χ4n) is 7.61. The van der Waals surface area contributed by atoms with Crippen molar-refractivity contribution >= 4 is 55.2 Å². The summed E-state index contributed by atoms with van der Waals surface area (Å²) in [6.07, 6.45) is 10.6. The van der Waals surface area contributed by atoms with Gasteiger partial charge in [-0.05, 0) is 95.3 Å². The molecule has 0 amide bonds. The van der Waals surface area contributed by atoms with E-state index in [4.69, 9.17) is 9.41 Å². The maximum absolute atomic E-state index is 6.11. The van der Waals surface area contributed by atoms with Gasteiger partial charge in [-0.3, -0.25) is 4.99 Å². The summed E-state index contributed by atoms with van der Waals surface area (Å²) in [5.74, 6) is 0. The largest absolute Gasteiger partial charge is 0.456 e. The highest BCUT2D eigenvalue weighted by Gasteiger charge is 2.21. The molecule has 1 unspecified atom stereocenters. The van der Waals surface area contributed by atoms with Crippen molar-refractivity contribution in [1.82, 2.24) is 9.88 Å². The molecule has 2 aromatic heterocycles. The fraction of sp³-hybridized carbons (Fsp3) is 0.0652. The number of allylic oxidation sites excluding steroid dienone is 5. The van der Waals surface area contributed by atoms with Crippen LogP contribution in [0, 0.1) is 0 Å². The first-order valence-electron chi connectivity index (χ1n) is 17.3. The third-order valence-corrected chi connectivity index (χ3v) is 10.1. The summed E-state index contributed by atoms with van der Waals surface area (Å²) in [7, 11) is 0. The second-order valence-corrected chi connectivity index (χ2v) is 13.1. The molecule has 0 spiro atoms. The number of nitrogens with one attached hydrogen (secondary N) is 1. The van der Waals surface area contributed by atoms with Gasteiger partial charge in [-0.1, -0.05) is 109 Å². The molecular formula is C46H33N3O. The van der Waals surface area contributed by atoms with Gasteiger partial charge in [0.25, 0.3) is 0 Å². The van der Waals surface area contributed by atoms with Crippen molar-refractivity contribution in [2.45, 2.75) is 19.0 Å². The molecule has 0 saturated heterocycles. The van der Waals surface area contributed by atoms with Crippen LogP contribution in [0.4, 0.5) is 0 Å². The second kappa shape index (κ2) is 11.6. The van der Waals surface area contributed by atoms with Gasteiger partial charge in [0.2, 0.25) is 0 Å². The number of rotatable bonds is 5. The molecule has 3 heterocycles. The van der Waals surface area contributed by atoms with Crippen LogP contribution >= 0.6 is 0 Å². The lowest BCUT2D eigenvalue weighted by molar-refractivity contribution is 0.663. The summed E-state index contributed by atoms with van der Waals surface area (Å²) in [5, 5.41) is 8.48. The van der Waals surface area contributed by atoms with Crippen LogP contribution in [0.3, 0.4) is 0 Å². The van der Waals surface area contributed by atoms with Crippen molar-refractivity contribution in [2.24, 2.45) is 4.99 Å². The molecule has 50 heavy (non-hydrogen) atoms. The summed E-state index contributed by atoms with van der Waals surface area (Å²) >= 11 is 0. The average Bonchev–Trinajstić information content (AvgIpc) is 3.73. The highest BCUT2D eigenvalue weighted by molar-refractivity contribution is 6.13. The predicted octanol–water partition coefficient (Wildman–Crippen LogP) is 11.7. The SMILES string of the molecule is C1=CCCC(C2=NC(c3ccc(-n4c5ccccc5c5cc(-c6ccc7oc8ccccc8c7c6)ccc54)cc3)NC(c3ccccc3)=C2)=C1. The molecule has 0 bridgehead atoms. The Hall–Kier alpha value is -6.39. The summed E-state index contributed by atoms with van der Waals surface area (Å²) in [4.78, 5) is 5.23. The summed E-state index contributed by atoms with van der Waals surface area (Å²) in [6, 6.07) is 49.7. The Labute approximate surface area is 290 Å². The molecule has 2 aliphatic rings. The van der Waals surface area contributed by atoms with Crippen LogP contribution in [0.1, 0.15) is 30.1 Å². The van der Waals surface area contributed by atoms with Gasteiger partial charge in [-0.2, -0.15) is 0 Å². The Kier molecular flexibility index (Phi) is 6.66. The number of fused-ring (bicyclic) bond motifs is 6. The smallest absolute Gasteiger partial charge is 0.145 e. The van der Waals surface area contributed by atoms with Gasteiger partial charge in [0.15, 0.2) is 0 Å². The van der Waals surface area contributed by atoms with Crippen molar-refractivity contribution < 1.29 is 4.42 Å². The van der Waals surface area contributed by atoms with E-state index in [0.29, 0.717) is 0 Å². The molecule has 4 nitrogen and oxygen atoms in total. The molecule has 0 radical (unpaired) electrons. The molecule has 1 N–H and O–H groups in total. The minimum Gasteiger partial charge on any atom is -0.456 e. The molecule has 1 aliphatic heterocycles. The first-order valence-corrected chi connectivity index (χ1v) is 17.3. The van der Waals surface area contributed by atoms with Crippen LogP contribution in [-0.2, 0) is 0 Å². The van der Waals surface area contributed by atoms with Crippen LogP contribution in [0.2, 0.25) is 0 Å². The number of aliphatic imine (C=N–C) groups is 1. The van der Waals surface area contributed by atoms with E-state index in [9.17, 15) is 0 Å². The third-order valence-electron chi connectivity index (χ3n) is 10.1. The van der Waals surface area contributed by atoms with E-state index in [1.807, 2.05) is 12.1 Å². The van der Waals surface area contributed by atoms with Gasteiger partial charge in [0.05, 0.1) is 16.7 Å². The molecule has 0 saturated carbocycles. The highest BCUT2D eigenvalue weighted by Crippen LogP contribution is 2.38. The van der Waals surface area contributed by atoms with Crippen molar-refractivity contribution in [3.8, 4) is 16.8 Å². The van der Waals surface area contributed by atoms with Crippen molar-refractivity contribution in [3.05, 3.63) is 181 Å². The summed E-state index contributed by atoms with van der Waals surface area (Å²) in [5.41, 5.74) is 13.4. The number of para-hydroxylation sites is 2. The lowest BCUT2D eigenvalue weighted by Crippen LogP contribution is -2.25. The number of benzene rings is 6. The number of nitrogens with zero attached hydrogens (tertiary/aromatic N) is 2. The normalized spacial score (nSPS) is 16.1. The van der Waals surface area contributed by atoms with Crippen molar-refractivity contribution in [1.29, 1.82) is 0 Å². The van der Waals surface area contributed by atoms with Crippen molar-refractivity contribution in [2.75, 3.05) is 0 Å². The minimum atomic E-state index is -0.184. The van der Waals surface area contributed by atoms with Crippen LogP contribution in [-0.4, -0.2) is 10.3 Å². The molecule has 238 valence electrons. The van der Waals surface area contributed by atoms with Crippen molar-refractivity contribution in [3.63, 3.8) is 0 Å². The highest BCUT2D eigenvalue weighted by atomic mass is 16.3. The molecule has 10 rings (SSSR count). The van der Waals surface area contributed by atoms with Crippen LogP contribution in [0.5, 0.6) is 0 Å². The monoisotopic (exact) mass is 643 g/mol. The average molecular weight is 644 g/mol. The fourth-order valence-corrected chi connectivity index (χ4v) is 7.61. The Balaban J connectivity index is 1.04. The van der Waals surface area contributed by atoms with Gasteiger partial charge in [-0.15, -0.1) is 0 Å². The quantitative estimate of drug-likeness (QED) is 0.203. The lowest BCUT2D eigenvalue weighted by Gasteiger charge is -2.26. The molecular weight excluding hydrogens is 611 g/mol. The van der Waals surface area contributed by atoms with Crippen LogP contribution < -0.4 is 5.32 Å². The zero-order chi connectivity index (χ0) is 33.0. The Bertz CT molecular complexity index is 2720. The van der Waals surface area contributed by atoms with Gasteiger partial charge in [-0.25, -0.2) is 0 Å². The number of aromatic nitrogens is 1. The first kappa shape index (κ1) is 28.6. The van der Waals surface area contributed by atoms with Gasteiger partial charge >= 0.3 is 0 Å². The molecule has 6 aromatic carbocycles. The molecule has 0 fully saturated rings. The predicted molar refractivity (Wildman–Crippen MR) is 208 cm³/mol. The van der Waals surface area contributed by atoms with E-state index in [1.165, 1.54) is 38.5 Å². The van der Waals surface area contributed by atoms with E-state index in [-0.39, 0.29) is 6.17 Å². The van der Waals surface area contributed by atoms with E-state index >= 15 is 0 Å². The lowest BCUT2D eigenvalue weighted by atomic mass is 9.96. The molecule has 8 aromatic rings. The standard InChI is InChI=1S/C46H33N3O/c1-3-11-30(12-4-1)40-29-41(31-13-5-2-6-14-31)48-46(47-40)32-19-23-35(24-20-32)49-42-17-9-7-15-36(42)38-27-33(21-25-43(38)49)34-22-26-45-39(28-34)37-16-8-10-18-44(37)50-45/h1-5,7-13,15-29,46-47H,6,14H2. The molecule has 1 atom stereocenters. The topological polar surface area (TPSA) is 42.5 Å². The zero-order valence-electron chi connectivity index (χ0n) is 27.4. The van der Waals surface area contributed by atoms with Gasteiger partial charge in [0.1, 0.15) is 17.3 Å². The first-order chi connectivity index (χ1) is 24.8. The maximum Gasteiger partial charge on any atom is 0.145 e. The van der Waals surface area contributed by atoms with E-state index < -0.39 is 0 Å². The Morgan fingerprint density at radius 1 is 0.620 bits per heavy atom. The van der Waals surface area contributed by atoms with E-state index in [1.54, 1.807) is 0 Å². The molecule has 1 aliphatic carbocycles. The zero-order valence-corrected chi connectivity index (χ0v) is 27.4. The Morgan fingerprint density at radius 2 is 1.34 bits per heavy atom. The van der Waals surface area contributed by atoms with Gasteiger partial charge < -0.3 is 14.3 Å². The van der Waals surface area contributed by atoms with Crippen LogP contribution in [0.15, 0.2) is 179 Å². The Morgan fingerprint density at radius 3 is 2.18 bits per heavy atom. The second-order valence-electron chi connectivity index (χ2n) is 13.1. The third kappa shape index (κ3) is 4.80. The minimum absolute atomic E-state index is 0.184. The maximum atomic E-state index is 6.11. The van der Waals surface area contributed by atoms with E-state index in [0.717, 1.165) is 63.0 Å². The van der Waals surface area contributed by atoms with E-state index in [2.05, 4.69) is 162 Å². The number of furan rings is 1. The number of hydrogen-bond donors (Lipinski definition) is 1. The summed E-state index contributed by atoms with van der Waals surface area (Å²) in [6.45, 7) is 0. The van der Waals surface area contributed by atoms with Gasteiger partial charge in [0, 0.05) is 32.9 Å². The summed E-state index contributed by atoms with van der Waals surface area (Å²) < 4.78 is 8.48. The number of hydrogen-bond acceptors (Lipinski definition) is 3.